The molecule has 0 saturated heterocycles. The summed E-state index contributed by atoms with van der Waals surface area (Å²) in [6, 6.07) is 0.596. The summed E-state index contributed by atoms with van der Waals surface area (Å²) < 4.78 is 5.04. The fourth-order valence-electron chi connectivity index (χ4n) is 2.34. The Hall–Kier alpha value is -0.160. The van der Waals surface area contributed by atoms with Crippen molar-refractivity contribution < 1.29 is 4.74 Å². The van der Waals surface area contributed by atoms with Gasteiger partial charge in [-0.15, -0.1) is 0 Å². The Labute approximate surface area is 120 Å². The number of hydrogen-bond acceptors (Lipinski definition) is 4. The van der Waals surface area contributed by atoms with Crippen molar-refractivity contribution in [3.05, 3.63) is 0 Å². The second-order valence-electron chi connectivity index (χ2n) is 5.05. The second-order valence-corrected chi connectivity index (χ2v) is 5.05. The lowest BCUT2D eigenvalue weighted by molar-refractivity contribution is 0.179. The molecule has 0 aromatic heterocycles. The third kappa shape index (κ3) is 9.38. The first-order chi connectivity index (χ1) is 9.19. The van der Waals surface area contributed by atoms with Crippen LogP contribution in [0.4, 0.5) is 0 Å². The summed E-state index contributed by atoms with van der Waals surface area (Å²) in [5.41, 5.74) is 0. The predicted octanol–water partition coefficient (Wildman–Crippen LogP) is 1.66. The minimum Gasteiger partial charge on any atom is -0.383 e. The van der Waals surface area contributed by atoms with Crippen molar-refractivity contribution in [1.29, 1.82) is 0 Å². The van der Waals surface area contributed by atoms with E-state index in [0.717, 1.165) is 39.3 Å². The van der Waals surface area contributed by atoms with Gasteiger partial charge in [-0.1, -0.05) is 20.8 Å². The van der Waals surface area contributed by atoms with Crippen molar-refractivity contribution in [3.63, 3.8) is 0 Å². The Morgan fingerprint density at radius 2 is 1.74 bits per heavy atom. The van der Waals surface area contributed by atoms with E-state index >= 15 is 0 Å². The third-order valence-corrected chi connectivity index (χ3v) is 3.77. The summed E-state index contributed by atoms with van der Waals surface area (Å²) in [5, 5.41) is 3.45. The number of nitrogens with one attached hydrogen (secondary N) is 1. The van der Waals surface area contributed by atoms with Crippen molar-refractivity contribution in [2.45, 2.75) is 40.2 Å². The summed E-state index contributed by atoms with van der Waals surface area (Å²) in [4.78, 5) is 5.05. The van der Waals surface area contributed by atoms with E-state index in [0.29, 0.717) is 6.04 Å². The minimum atomic E-state index is 0.596. The van der Waals surface area contributed by atoms with Gasteiger partial charge in [-0.05, 0) is 46.1 Å². The smallest absolute Gasteiger partial charge is 0.0587 e. The van der Waals surface area contributed by atoms with Crippen LogP contribution in [0.5, 0.6) is 0 Å². The average molecular weight is 273 g/mol. The van der Waals surface area contributed by atoms with E-state index in [2.05, 4.69) is 42.8 Å². The molecule has 116 valence electrons. The topological polar surface area (TPSA) is 27.7 Å². The molecule has 0 bridgehead atoms. The molecule has 0 aliphatic carbocycles. The number of methoxy groups -OCH3 is 1. The van der Waals surface area contributed by atoms with Gasteiger partial charge in [-0.3, -0.25) is 4.90 Å². The van der Waals surface area contributed by atoms with Crippen LogP contribution in [0.15, 0.2) is 0 Å². The maximum Gasteiger partial charge on any atom is 0.0587 e. The van der Waals surface area contributed by atoms with Gasteiger partial charge in [0.15, 0.2) is 0 Å². The first-order valence-electron chi connectivity index (χ1n) is 7.85. The van der Waals surface area contributed by atoms with Crippen molar-refractivity contribution in [1.82, 2.24) is 15.1 Å². The minimum absolute atomic E-state index is 0.596. The Balaban J connectivity index is 3.78. The lowest BCUT2D eigenvalue weighted by Gasteiger charge is -2.29. The molecule has 0 radical (unpaired) electrons. The zero-order valence-electron chi connectivity index (χ0n) is 13.7. The number of likely N-dealkylation sites (N-methyl/N-ethyl adjacent to an activating group) is 1. The van der Waals surface area contributed by atoms with E-state index in [1.54, 1.807) is 7.11 Å². The van der Waals surface area contributed by atoms with Crippen LogP contribution < -0.4 is 5.32 Å². The quantitative estimate of drug-likeness (QED) is 0.517. The maximum atomic E-state index is 5.04. The summed E-state index contributed by atoms with van der Waals surface area (Å²) in [5.74, 6) is 0. The molecule has 4 heteroatoms. The van der Waals surface area contributed by atoms with Crippen LogP contribution in [0.25, 0.3) is 0 Å². The van der Waals surface area contributed by atoms with Gasteiger partial charge in [0.25, 0.3) is 0 Å². The van der Waals surface area contributed by atoms with Gasteiger partial charge in [0.1, 0.15) is 0 Å². The SMILES string of the molecule is CCN(CC)CCCN(CC)C(C)CNCCOC. The predicted molar refractivity (Wildman–Crippen MR) is 83.9 cm³/mol. The first kappa shape index (κ1) is 18.8. The fourth-order valence-corrected chi connectivity index (χ4v) is 2.34. The lowest BCUT2D eigenvalue weighted by Crippen LogP contribution is -2.42. The number of hydrogen-bond donors (Lipinski definition) is 1. The molecule has 4 nitrogen and oxygen atoms in total. The van der Waals surface area contributed by atoms with Crippen LogP contribution in [0.2, 0.25) is 0 Å². The summed E-state index contributed by atoms with van der Waals surface area (Å²) in [6.07, 6.45) is 1.26. The zero-order valence-corrected chi connectivity index (χ0v) is 13.7. The number of ether oxygens (including phenoxy) is 1. The third-order valence-electron chi connectivity index (χ3n) is 3.77. The lowest BCUT2D eigenvalue weighted by atomic mass is 10.2. The van der Waals surface area contributed by atoms with Gasteiger partial charge < -0.3 is 15.0 Å². The highest BCUT2D eigenvalue weighted by molar-refractivity contribution is 4.69. The number of nitrogens with zero attached hydrogens (tertiary/aromatic N) is 2. The molecule has 19 heavy (non-hydrogen) atoms. The van der Waals surface area contributed by atoms with Gasteiger partial charge in [0.05, 0.1) is 6.61 Å². The van der Waals surface area contributed by atoms with Gasteiger partial charge in [0.2, 0.25) is 0 Å². The molecule has 0 aliphatic rings. The Morgan fingerprint density at radius 3 is 2.26 bits per heavy atom. The van der Waals surface area contributed by atoms with Gasteiger partial charge in [0, 0.05) is 26.2 Å². The molecule has 0 heterocycles. The van der Waals surface area contributed by atoms with E-state index in [1.807, 2.05) is 0 Å². The average Bonchev–Trinajstić information content (AvgIpc) is 2.44. The largest absolute Gasteiger partial charge is 0.383 e. The first-order valence-corrected chi connectivity index (χ1v) is 7.85. The van der Waals surface area contributed by atoms with Crippen LogP contribution in [0.3, 0.4) is 0 Å². The summed E-state index contributed by atoms with van der Waals surface area (Å²) >= 11 is 0. The molecular weight excluding hydrogens is 238 g/mol. The molecule has 1 atom stereocenters. The highest BCUT2D eigenvalue weighted by Crippen LogP contribution is 2.01. The van der Waals surface area contributed by atoms with Crippen molar-refractivity contribution in [2.75, 3.05) is 59.5 Å². The Morgan fingerprint density at radius 1 is 1.05 bits per heavy atom. The molecule has 0 aromatic rings. The second kappa shape index (κ2) is 12.9. The van der Waals surface area contributed by atoms with E-state index in [9.17, 15) is 0 Å². The molecular formula is C15H35N3O. The van der Waals surface area contributed by atoms with E-state index in [-0.39, 0.29) is 0 Å². The van der Waals surface area contributed by atoms with Crippen LogP contribution >= 0.6 is 0 Å². The van der Waals surface area contributed by atoms with Crippen molar-refractivity contribution in [3.8, 4) is 0 Å². The maximum absolute atomic E-state index is 5.04. The van der Waals surface area contributed by atoms with Crippen molar-refractivity contribution in [2.24, 2.45) is 0 Å². The van der Waals surface area contributed by atoms with Gasteiger partial charge in [-0.2, -0.15) is 0 Å². The molecule has 1 N–H and O–H groups in total. The summed E-state index contributed by atoms with van der Waals surface area (Å²) in [7, 11) is 1.75. The molecule has 0 amide bonds. The highest BCUT2D eigenvalue weighted by Gasteiger charge is 2.11. The number of rotatable bonds is 13. The molecule has 0 rings (SSSR count). The Bertz CT molecular complexity index is 186. The van der Waals surface area contributed by atoms with Crippen LogP contribution in [0, 0.1) is 0 Å². The monoisotopic (exact) mass is 273 g/mol. The fraction of sp³-hybridized carbons (Fsp3) is 1.00. The molecule has 0 fully saturated rings. The van der Waals surface area contributed by atoms with E-state index in [1.165, 1.54) is 19.5 Å². The van der Waals surface area contributed by atoms with Gasteiger partial charge >= 0.3 is 0 Å². The van der Waals surface area contributed by atoms with Crippen LogP contribution in [-0.4, -0.2) is 75.4 Å². The van der Waals surface area contributed by atoms with Crippen LogP contribution in [-0.2, 0) is 4.74 Å². The summed E-state index contributed by atoms with van der Waals surface area (Å²) in [6.45, 7) is 17.7. The van der Waals surface area contributed by atoms with E-state index < -0.39 is 0 Å². The zero-order chi connectivity index (χ0) is 14.5. The highest BCUT2D eigenvalue weighted by atomic mass is 16.5. The Kier molecular flexibility index (Phi) is 12.7. The van der Waals surface area contributed by atoms with Gasteiger partial charge in [-0.25, -0.2) is 0 Å². The molecule has 0 saturated carbocycles. The van der Waals surface area contributed by atoms with Crippen LogP contribution in [0.1, 0.15) is 34.1 Å². The molecule has 0 spiro atoms. The molecule has 1 unspecified atom stereocenters. The normalized spacial score (nSPS) is 13.4. The molecule has 0 aliphatic heterocycles. The van der Waals surface area contributed by atoms with E-state index in [4.69, 9.17) is 4.74 Å². The van der Waals surface area contributed by atoms with Crippen molar-refractivity contribution >= 4 is 0 Å². The standard InChI is InChI=1S/C15H35N3O/c1-6-17(7-2)11-9-12-18(8-3)15(4)14-16-10-13-19-5/h15-16H,6-14H2,1-5H3. The molecule has 0 aromatic carbocycles.